The van der Waals surface area contributed by atoms with Crippen LogP contribution in [0.1, 0.15) is 17.0 Å². The van der Waals surface area contributed by atoms with Crippen LogP contribution in [0.3, 0.4) is 0 Å². The van der Waals surface area contributed by atoms with Crippen LogP contribution >= 0.6 is 11.3 Å². The topological polar surface area (TPSA) is 121 Å². The van der Waals surface area contributed by atoms with Crippen molar-refractivity contribution >= 4 is 55.1 Å². The first-order valence-electron chi connectivity index (χ1n) is 8.85. The molecule has 0 fully saturated rings. The average molecular weight is 431 g/mol. The Kier molecular flexibility index (Phi) is 5.41. The van der Waals surface area contributed by atoms with Crippen molar-refractivity contribution in [3.8, 4) is 0 Å². The van der Waals surface area contributed by atoms with Gasteiger partial charge in [-0.2, -0.15) is 0 Å². The molecule has 0 aliphatic carbocycles. The first-order valence-corrected chi connectivity index (χ1v) is 11.4. The minimum atomic E-state index is -3.50. The minimum absolute atomic E-state index is 0.0112. The maximum absolute atomic E-state index is 12.4. The lowest BCUT2D eigenvalue weighted by molar-refractivity contribution is -0.115. The van der Waals surface area contributed by atoms with Crippen LogP contribution in [0.4, 0.5) is 11.4 Å². The van der Waals surface area contributed by atoms with Crippen LogP contribution < -0.4 is 10.0 Å². The molecule has 8 nitrogen and oxygen atoms in total. The molecule has 1 aromatic heterocycles. The molecule has 2 heterocycles. The number of benzene rings is 2. The number of aromatic nitrogens is 1. The van der Waals surface area contributed by atoms with Crippen LogP contribution in [0.15, 0.2) is 46.9 Å². The van der Waals surface area contributed by atoms with E-state index in [0.29, 0.717) is 11.3 Å². The van der Waals surface area contributed by atoms with Crippen LogP contribution in [0, 0.1) is 0 Å². The van der Waals surface area contributed by atoms with E-state index in [1.165, 1.54) is 11.3 Å². The number of thiazole rings is 1. The van der Waals surface area contributed by atoms with Crippen molar-refractivity contribution in [3.63, 3.8) is 0 Å². The lowest BCUT2D eigenvalue weighted by Gasteiger charge is -2.06. The third-order valence-electron chi connectivity index (χ3n) is 4.49. The summed E-state index contributed by atoms with van der Waals surface area (Å²) in [6.45, 7) is -0.263. The number of fused-ring (bicyclic) bond motifs is 3. The number of hydrogen-bond donors (Lipinski definition) is 3. The predicted octanol–water partition coefficient (Wildman–Crippen LogP) is 2.15. The van der Waals surface area contributed by atoms with Gasteiger partial charge in [-0.3, -0.25) is 9.79 Å². The van der Waals surface area contributed by atoms with Gasteiger partial charge in [-0.05, 0) is 29.8 Å². The lowest BCUT2D eigenvalue weighted by Crippen LogP contribution is -2.27. The number of nitrogens with one attached hydrogen (secondary N) is 2. The number of hydrogen-bond acceptors (Lipinski definition) is 7. The van der Waals surface area contributed by atoms with Crippen molar-refractivity contribution in [3.05, 3.63) is 53.0 Å². The summed E-state index contributed by atoms with van der Waals surface area (Å²) in [4.78, 5) is 21.1. The fourth-order valence-corrected chi connectivity index (χ4v) is 5.17. The molecular weight excluding hydrogens is 412 g/mol. The zero-order valence-electron chi connectivity index (χ0n) is 15.2. The van der Waals surface area contributed by atoms with Crippen LogP contribution in [-0.2, 0) is 20.6 Å². The quantitative estimate of drug-likeness (QED) is 0.496. The number of aliphatic hydroxyl groups is 1. The Labute approximate surface area is 171 Å². The lowest BCUT2D eigenvalue weighted by atomic mass is 10.0. The van der Waals surface area contributed by atoms with E-state index in [0.717, 1.165) is 21.5 Å². The minimum Gasteiger partial charge on any atom is -0.395 e. The molecule has 10 heteroatoms. The van der Waals surface area contributed by atoms with E-state index in [-0.39, 0.29) is 24.8 Å². The van der Waals surface area contributed by atoms with Crippen molar-refractivity contribution in [1.29, 1.82) is 0 Å². The highest BCUT2D eigenvalue weighted by Crippen LogP contribution is 2.39. The van der Waals surface area contributed by atoms with E-state index in [9.17, 15) is 13.2 Å². The van der Waals surface area contributed by atoms with Gasteiger partial charge in [0.2, 0.25) is 15.9 Å². The summed E-state index contributed by atoms with van der Waals surface area (Å²) >= 11 is 1.49. The van der Waals surface area contributed by atoms with Gasteiger partial charge in [0, 0.05) is 24.0 Å². The number of aliphatic imine (C=N–C) groups is 1. The summed E-state index contributed by atoms with van der Waals surface area (Å²) in [6.07, 6.45) is 1.61. The van der Waals surface area contributed by atoms with Gasteiger partial charge < -0.3 is 10.4 Å². The molecule has 2 aromatic carbocycles. The van der Waals surface area contributed by atoms with Crippen LogP contribution in [-0.4, -0.2) is 43.8 Å². The smallest absolute Gasteiger partial charge is 0.237 e. The largest absolute Gasteiger partial charge is 0.395 e. The summed E-state index contributed by atoms with van der Waals surface area (Å²) in [5, 5.41) is 11.6. The first kappa shape index (κ1) is 19.6. The zero-order valence-corrected chi connectivity index (χ0v) is 16.8. The Balaban J connectivity index is 1.52. The van der Waals surface area contributed by atoms with E-state index in [1.807, 2.05) is 12.1 Å². The van der Waals surface area contributed by atoms with Gasteiger partial charge in [0.05, 0.1) is 33.8 Å². The van der Waals surface area contributed by atoms with E-state index in [4.69, 9.17) is 5.11 Å². The van der Waals surface area contributed by atoms with E-state index in [2.05, 4.69) is 20.0 Å². The highest BCUT2D eigenvalue weighted by atomic mass is 32.2. The molecule has 3 aromatic rings. The van der Waals surface area contributed by atoms with Gasteiger partial charge >= 0.3 is 0 Å². The molecule has 4 rings (SSSR count). The van der Waals surface area contributed by atoms with Crippen molar-refractivity contribution in [1.82, 2.24) is 9.71 Å². The highest BCUT2D eigenvalue weighted by molar-refractivity contribution is 7.88. The molecule has 0 radical (unpaired) electrons. The standard InChI is InChI=1S/C19H18N4O4S2/c24-8-7-22-29(26,27)10-12-1-3-13(4-2-12)20-9-14-17-15(23-19(14)25)5-6-16-18(17)28-11-21-16/h1-6,9,11,14,22,24H,7-8,10H2,(H,23,25). The summed E-state index contributed by atoms with van der Waals surface area (Å²) in [5.74, 6) is -0.821. The third-order valence-corrected chi connectivity index (χ3v) is 6.72. The normalized spacial score (nSPS) is 16.4. The van der Waals surface area contributed by atoms with Crippen LogP contribution in [0.2, 0.25) is 0 Å². The number of anilines is 1. The van der Waals surface area contributed by atoms with Gasteiger partial charge in [0.15, 0.2) is 0 Å². The third kappa shape index (κ3) is 4.20. The number of sulfonamides is 1. The van der Waals surface area contributed by atoms with Crippen LogP contribution in [0.5, 0.6) is 0 Å². The fourth-order valence-electron chi connectivity index (χ4n) is 3.16. The molecule has 1 atom stereocenters. The maximum atomic E-state index is 12.4. The molecule has 0 bridgehead atoms. The summed E-state index contributed by atoms with van der Waals surface area (Å²) < 4.78 is 27.0. The summed E-state index contributed by atoms with van der Waals surface area (Å²) in [6, 6.07) is 10.5. The molecule has 0 saturated carbocycles. The molecule has 29 heavy (non-hydrogen) atoms. The molecule has 1 aliphatic rings. The molecule has 1 aliphatic heterocycles. The number of amides is 1. The van der Waals surface area contributed by atoms with E-state index >= 15 is 0 Å². The average Bonchev–Trinajstić information content (AvgIpc) is 3.29. The Morgan fingerprint density at radius 3 is 2.79 bits per heavy atom. The molecular formula is C19H18N4O4S2. The Morgan fingerprint density at radius 2 is 2.03 bits per heavy atom. The number of carbonyl (C=O) groups is 1. The highest BCUT2D eigenvalue weighted by Gasteiger charge is 2.31. The van der Waals surface area contributed by atoms with E-state index in [1.54, 1.807) is 36.0 Å². The molecule has 0 spiro atoms. The molecule has 150 valence electrons. The Morgan fingerprint density at radius 1 is 1.24 bits per heavy atom. The molecule has 0 saturated heterocycles. The van der Waals surface area contributed by atoms with Gasteiger partial charge in [-0.25, -0.2) is 18.1 Å². The maximum Gasteiger partial charge on any atom is 0.237 e. The second-order valence-corrected chi connectivity index (χ2v) is 9.18. The van der Waals surface area contributed by atoms with Gasteiger partial charge in [-0.15, -0.1) is 11.3 Å². The molecule has 3 N–H and O–H groups in total. The monoisotopic (exact) mass is 430 g/mol. The van der Waals surface area contributed by atoms with Crippen molar-refractivity contribution in [2.24, 2.45) is 4.99 Å². The SMILES string of the molecule is O=C1Nc2ccc3ncsc3c2C1C=Nc1ccc(CS(=O)(=O)NCCO)cc1. The Hall–Kier alpha value is -2.66. The second kappa shape index (κ2) is 7.99. The molecule has 1 amide bonds. The van der Waals surface area contributed by atoms with Crippen LogP contribution in [0.25, 0.3) is 10.2 Å². The molecule has 1 unspecified atom stereocenters. The van der Waals surface area contributed by atoms with Crippen molar-refractivity contribution < 1.29 is 18.3 Å². The van der Waals surface area contributed by atoms with Gasteiger partial charge in [0.25, 0.3) is 0 Å². The van der Waals surface area contributed by atoms with Crippen molar-refractivity contribution in [2.75, 3.05) is 18.5 Å². The zero-order chi connectivity index (χ0) is 20.4. The summed E-state index contributed by atoms with van der Waals surface area (Å²) in [7, 11) is -3.50. The van der Waals surface area contributed by atoms with E-state index < -0.39 is 15.9 Å². The first-order chi connectivity index (χ1) is 14.0. The van der Waals surface area contributed by atoms with Crippen molar-refractivity contribution in [2.45, 2.75) is 11.7 Å². The summed E-state index contributed by atoms with van der Waals surface area (Å²) in [5.41, 5.74) is 5.49. The Bertz CT molecular complexity index is 1190. The second-order valence-electron chi connectivity index (χ2n) is 6.52. The fraction of sp³-hybridized carbons (Fsp3) is 0.211. The number of carbonyl (C=O) groups excluding carboxylic acids is 1. The number of nitrogens with zero attached hydrogens (tertiary/aromatic N) is 2. The van der Waals surface area contributed by atoms with Gasteiger partial charge in [-0.1, -0.05) is 12.1 Å². The number of aliphatic hydroxyl groups excluding tert-OH is 1. The predicted molar refractivity (Wildman–Crippen MR) is 113 cm³/mol. The van der Waals surface area contributed by atoms with Gasteiger partial charge in [0.1, 0.15) is 5.92 Å². The number of rotatable bonds is 7.